The SMILES string of the molecule is COc1cc(C#N)ccc1OCC(=O)N1CC2CN(C)CC2C1. The Hall–Kier alpha value is -2.26. The molecule has 2 atom stereocenters. The van der Waals surface area contributed by atoms with Crippen LogP contribution in [0.5, 0.6) is 11.5 Å². The molecule has 0 aromatic heterocycles. The number of amides is 1. The summed E-state index contributed by atoms with van der Waals surface area (Å²) in [4.78, 5) is 16.6. The number of nitriles is 1. The van der Waals surface area contributed by atoms with Crippen LogP contribution in [-0.2, 0) is 4.79 Å². The molecule has 2 heterocycles. The smallest absolute Gasteiger partial charge is 0.260 e. The Bertz CT molecular complexity index is 626. The lowest BCUT2D eigenvalue weighted by Gasteiger charge is -2.20. The fourth-order valence-corrected chi connectivity index (χ4v) is 3.52. The van der Waals surface area contributed by atoms with E-state index in [1.807, 2.05) is 11.0 Å². The lowest BCUT2D eigenvalue weighted by atomic mass is 10.0. The molecule has 6 heteroatoms. The Labute approximate surface area is 136 Å². The summed E-state index contributed by atoms with van der Waals surface area (Å²) in [5.41, 5.74) is 0.497. The minimum absolute atomic E-state index is 0.00244. The third kappa shape index (κ3) is 3.25. The second-order valence-electron chi connectivity index (χ2n) is 6.31. The summed E-state index contributed by atoms with van der Waals surface area (Å²) in [7, 11) is 3.65. The van der Waals surface area contributed by atoms with Crippen molar-refractivity contribution in [3.63, 3.8) is 0 Å². The van der Waals surface area contributed by atoms with Crippen LogP contribution < -0.4 is 9.47 Å². The molecular formula is C17H21N3O3. The Morgan fingerprint density at radius 2 is 1.96 bits per heavy atom. The molecule has 2 aliphatic rings. The van der Waals surface area contributed by atoms with Crippen molar-refractivity contribution >= 4 is 5.91 Å². The fourth-order valence-electron chi connectivity index (χ4n) is 3.52. The van der Waals surface area contributed by atoms with Crippen molar-refractivity contribution in [2.45, 2.75) is 0 Å². The number of carbonyl (C=O) groups is 1. The van der Waals surface area contributed by atoms with Gasteiger partial charge >= 0.3 is 0 Å². The van der Waals surface area contributed by atoms with Crippen molar-refractivity contribution in [1.29, 1.82) is 5.26 Å². The van der Waals surface area contributed by atoms with Crippen molar-refractivity contribution in [2.24, 2.45) is 11.8 Å². The van der Waals surface area contributed by atoms with Crippen LogP contribution in [0.2, 0.25) is 0 Å². The van der Waals surface area contributed by atoms with Gasteiger partial charge in [0.1, 0.15) is 0 Å². The van der Waals surface area contributed by atoms with Gasteiger partial charge in [0.05, 0.1) is 18.7 Å². The van der Waals surface area contributed by atoms with E-state index in [-0.39, 0.29) is 12.5 Å². The maximum Gasteiger partial charge on any atom is 0.260 e. The third-order valence-corrected chi connectivity index (χ3v) is 4.67. The first kappa shape index (κ1) is 15.6. The van der Waals surface area contributed by atoms with E-state index < -0.39 is 0 Å². The molecule has 0 radical (unpaired) electrons. The van der Waals surface area contributed by atoms with Crippen LogP contribution in [0.4, 0.5) is 0 Å². The van der Waals surface area contributed by atoms with E-state index in [2.05, 4.69) is 11.9 Å². The number of rotatable bonds is 4. The zero-order valence-electron chi connectivity index (χ0n) is 13.5. The van der Waals surface area contributed by atoms with E-state index in [0.717, 1.165) is 26.2 Å². The van der Waals surface area contributed by atoms with E-state index >= 15 is 0 Å². The number of hydrogen-bond acceptors (Lipinski definition) is 5. The van der Waals surface area contributed by atoms with Gasteiger partial charge in [-0.15, -0.1) is 0 Å². The fraction of sp³-hybridized carbons (Fsp3) is 0.529. The van der Waals surface area contributed by atoms with E-state index in [9.17, 15) is 4.79 Å². The van der Waals surface area contributed by atoms with Crippen molar-refractivity contribution in [1.82, 2.24) is 9.80 Å². The molecule has 0 bridgehead atoms. The zero-order chi connectivity index (χ0) is 16.4. The van der Waals surface area contributed by atoms with Crippen LogP contribution in [-0.4, -0.2) is 62.7 Å². The van der Waals surface area contributed by atoms with Gasteiger partial charge in [0.25, 0.3) is 5.91 Å². The largest absolute Gasteiger partial charge is 0.493 e. The minimum Gasteiger partial charge on any atom is -0.493 e. The number of benzene rings is 1. The van der Waals surface area contributed by atoms with Gasteiger partial charge in [0.2, 0.25) is 0 Å². The van der Waals surface area contributed by atoms with Crippen LogP contribution in [0.25, 0.3) is 0 Å². The number of carbonyl (C=O) groups excluding carboxylic acids is 1. The number of likely N-dealkylation sites (tertiary alicyclic amines) is 2. The van der Waals surface area contributed by atoms with Crippen molar-refractivity contribution in [3.05, 3.63) is 23.8 Å². The van der Waals surface area contributed by atoms with Gasteiger partial charge in [-0.05, 0) is 31.0 Å². The first-order valence-electron chi connectivity index (χ1n) is 7.78. The molecule has 6 nitrogen and oxygen atoms in total. The topological polar surface area (TPSA) is 65.8 Å². The second-order valence-corrected chi connectivity index (χ2v) is 6.31. The Kier molecular flexibility index (Phi) is 4.39. The van der Waals surface area contributed by atoms with Gasteiger partial charge in [-0.25, -0.2) is 0 Å². The van der Waals surface area contributed by atoms with Gasteiger partial charge in [-0.2, -0.15) is 5.26 Å². The molecule has 1 aromatic rings. The highest BCUT2D eigenvalue weighted by Crippen LogP contribution is 2.31. The summed E-state index contributed by atoms with van der Waals surface area (Å²) >= 11 is 0. The van der Waals surface area contributed by atoms with E-state index in [1.54, 1.807) is 18.2 Å². The van der Waals surface area contributed by atoms with Crippen LogP contribution in [0.1, 0.15) is 5.56 Å². The first-order valence-corrected chi connectivity index (χ1v) is 7.78. The number of methoxy groups -OCH3 is 1. The van der Waals surface area contributed by atoms with Crippen LogP contribution >= 0.6 is 0 Å². The maximum atomic E-state index is 12.3. The summed E-state index contributed by atoms with van der Waals surface area (Å²) < 4.78 is 10.8. The van der Waals surface area contributed by atoms with Gasteiger partial charge in [-0.3, -0.25) is 4.79 Å². The highest BCUT2D eigenvalue weighted by molar-refractivity contribution is 5.78. The van der Waals surface area contributed by atoms with Gasteiger partial charge in [0.15, 0.2) is 18.1 Å². The van der Waals surface area contributed by atoms with Crippen LogP contribution in [0.15, 0.2) is 18.2 Å². The predicted molar refractivity (Wildman–Crippen MR) is 84.3 cm³/mol. The molecule has 0 spiro atoms. The second kappa shape index (κ2) is 6.47. The number of hydrogen-bond donors (Lipinski definition) is 0. The molecule has 0 aliphatic carbocycles. The predicted octanol–water partition coefficient (Wildman–Crippen LogP) is 0.966. The molecule has 1 aromatic carbocycles. The Morgan fingerprint density at radius 3 is 2.57 bits per heavy atom. The maximum absolute atomic E-state index is 12.3. The highest BCUT2D eigenvalue weighted by Gasteiger charge is 2.40. The third-order valence-electron chi connectivity index (χ3n) is 4.67. The molecule has 2 unspecified atom stereocenters. The van der Waals surface area contributed by atoms with Gasteiger partial charge in [-0.1, -0.05) is 0 Å². The van der Waals surface area contributed by atoms with E-state index in [4.69, 9.17) is 14.7 Å². The quantitative estimate of drug-likeness (QED) is 0.828. The molecule has 0 N–H and O–H groups in total. The monoisotopic (exact) mass is 315 g/mol. The van der Waals surface area contributed by atoms with Crippen molar-refractivity contribution in [2.75, 3.05) is 46.9 Å². The van der Waals surface area contributed by atoms with E-state index in [0.29, 0.717) is 28.9 Å². The normalized spacial score (nSPS) is 23.4. The molecule has 2 fully saturated rings. The summed E-state index contributed by atoms with van der Waals surface area (Å²) in [5.74, 6) is 2.14. The van der Waals surface area contributed by atoms with Crippen LogP contribution in [0.3, 0.4) is 0 Å². The molecule has 3 rings (SSSR count). The summed E-state index contributed by atoms with van der Waals surface area (Å²) in [6.07, 6.45) is 0. The molecular weight excluding hydrogens is 294 g/mol. The standard InChI is InChI=1S/C17H21N3O3/c1-19-7-13-9-20(10-14(13)8-19)17(21)11-23-15-4-3-12(6-18)5-16(15)22-2/h3-5,13-14H,7-11H2,1-2H3. The van der Waals surface area contributed by atoms with Crippen LogP contribution in [0, 0.1) is 23.2 Å². The number of nitrogens with zero attached hydrogens (tertiary/aromatic N) is 3. The summed E-state index contributed by atoms with van der Waals surface area (Å²) in [6.45, 7) is 3.78. The van der Waals surface area contributed by atoms with Gasteiger partial charge < -0.3 is 19.3 Å². The number of ether oxygens (including phenoxy) is 2. The van der Waals surface area contributed by atoms with Gasteiger partial charge in [0, 0.05) is 32.2 Å². The van der Waals surface area contributed by atoms with E-state index in [1.165, 1.54) is 7.11 Å². The average molecular weight is 315 g/mol. The zero-order valence-corrected chi connectivity index (χ0v) is 13.5. The Morgan fingerprint density at radius 1 is 1.26 bits per heavy atom. The summed E-state index contributed by atoms with van der Waals surface area (Å²) in [6, 6.07) is 6.97. The highest BCUT2D eigenvalue weighted by atomic mass is 16.5. The first-order chi connectivity index (χ1) is 11.1. The molecule has 2 saturated heterocycles. The number of fused-ring (bicyclic) bond motifs is 1. The molecule has 1 amide bonds. The molecule has 0 saturated carbocycles. The average Bonchev–Trinajstić information content (AvgIpc) is 3.09. The molecule has 2 aliphatic heterocycles. The minimum atomic E-state index is -0.00244. The molecule has 122 valence electrons. The Balaban J connectivity index is 1.57. The van der Waals surface area contributed by atoms with Crippen molar-refractivity contribution in [3.8, 4) is 17.6 Å². The lowest BCUT2D eigenvalue weighted by Crippen LogP contribution is -2.35. The molecule has 23 heavy (non-hydrogen) atoms. The summed E-state index contributed by atoms with van der Waals surface area (Å²) in [5, 5.41) is 8.90. The van der Waals surface area contributed by atoms with Crippen molar-refractivity contribution < 1.29 is 14.3 Å². The lowest BCUT2D eigenvalue weighted by molar-refractivity contribution is -0.132.